The number of nitrogens with one attached hydrogen (secondary N) is 2. The minimum Gasteiger partial charge on any atom is -0.363 e. The van der Waals surface area contributed by atoms with Crippen LogP contribution in [0.25, 0.3) is 16.6 Å². The number of aromatic amines is 1. The molecule has 3 aromatic rings. The van der Waals surface area contributed by atoms with Crippen LogP contribution in [0.5, 0.6) is 0 Å². The minimum absolute atomic E-state index is 0.0285. The van der Waals surface area contributed by atoms with Crippen molar-refractivity contribution in [3.05, 3.63) is 72.7 Å². The van der Waals surface area contributed by atoms with Crippen molar-refractivity contribution >= 4 is 28.3 Å². The highest BCUT2D eigenvalue weighted by Crippen LogP contribution is 2.29. The monoisotopic (exact) mass is 373 g/mol. The van der Waals surface area contributed by atoms with Crippen LogP contribution in [0.4, 0.5) is 5.82 Å². The average Bonchev–Trinajstić information content (AvgIpc) is 3.19. The fourth-order valence-electron chi connectivity index (χ4n) is 3.50. The van der Waals surface area contributed by atoms with Gasteiger partial charge in [-0.1, -0.05) is 43.0 Å². The number of hydrogen-bond donors (Lipinski definition) is 2. The van der Waals surface area contributed by atoms with Crippen LogP contribution in [0, 0.1) is 0 Å². The van der Waals surface area contributed by atoms with Crippen LogP contribution in [-0.4, -0.2) is 38.8 Å². The first-order chi connectivity index (χ1) is 13.7. The molecule has 0 aliphatic carbocycles. The quantitative estimate of drug-likeness (QED) is 0.665. The molecule has 0 saturated heterocycles. The largest absolute Gasteiger partial charge is 0.363 e. The summed E-state index contributed by atoms with van der Waals surface area (Å²) in [6.07, 6.45) is 5.82. The van der Waals surface area contributed by atoms with E-state index in [1.165, 1.54) is 17.2 Å². The highest BCUT2D eigenvalue weighted by molar-refractivity contribution is 5.91. The zero-order valence-corrected chi connectivity index (χ0v) is 15.9. The Kier molecular flexibility index (Phi) is 4.93. The van der Waals surface area contributed by atoms with Gasteiger partial charge in [0.1, 0.15) is 17.8 Å². The third-order valence-electron chi connectivity index (χ3n) is 5.12. The lowest BCUT2D eigenvalue weighted by Crippen LogP contribution is -2.33. The van der Waals surface area contributed by atoms with Gasteiger partial charge in [-0.2, -0.15) is 0 Å². The maximum Gasteiger partial charge on any atom is 0.246 e. The average molecular weight is 373 g/mol. The summed E-state index contributed by atoms with van der Waals surface area (Å²) >= 11 is 0. The van der Waals surface area contributed by atoms with Crippen molar-refractivity contribution in [3.8, 4) is 0 Å². The zero-order valence-electron chi connectivity index (χ0n) is 15.9. The van der Waals surface area contributed by atoms with Crippen molar-refractivity contribution in [2.24, 2.45) is 0 Å². The number of aromatic nitrogens is 3. The highest BCUT2D eigenvalue weighted by atomic mass is 16.2. The summed E-state index contributed by atoms with van der Waals surface area (Å²) in [5, 5.41) is 4.46. The number of rotatable bonds is 5. The molecule has 0 bridgehead atoms. The van der Waals surface area contributed by atoms with E-state index in [0.717, 1.165) is 29.0 Å². The number of fused-ring (bicyclic) bond motifs is 1. The number of benzene rings is 1. The van der Waals surface area contributed by atoms with Gasteiger partial charge in [-0.25, -0.2) is 9.97 Å². The Balaban J connectivity index is 1.58. The molecule has 0 unspecified atom stereocenters. The van der Waals surface area contributed by atoms with E-state index in [1.54, 1.807) is 11.2 Å². The molecule has 0 fully saturated rings. The molecular weight excluding hydrogens is 350 g/mol. The third-order valence-corrected chi connectivity index (χ3v) is 5.12. The number of carbonyl (C=O) groups excluding carboxylic acids is 1. The Morgan fingerprint density at radius 1 is 1.32 bits per heavy atom. The predicted molar refractivity (Wildman–Crippen MR) is 112 cm³/mol. The molecule has 1 aliphatic heterocycles. The summed E-state index contributed by atoms with van der Waals surface area (Å²) in [6.45, 7) is 6.96. The Bertz CT molecular complexity index is 1040. The van der Waals surface area contributed by atoms with Gasteiger partial charge in [-0.05, 0) is 36.6 Å². The summed E-state index contributed by atoms with van der Waals surface area (Å²) in [6, 6.07) is 12.5. The maximum atomic E-state index is 11.8. The second-order valence-corrected chi connectivity index (χ2v) is 6.91. The van der Waals surface area contributed by atoms with E-state index >= 15 is 0 Å². The van der Waals surface area contributed by atoms with Gasteiger partial charge in [-0.3, -0.25) is 4.79 Å². The molecule has 1 atom stereocenters. The first-order valence-electron chi connectivity index (χ1n) is 9.41. The smallest absolute Gasteiger partial charge is 0.246 e. The standard InChI is InChI=1S/C22H23N5O/c1-3-20(28)27-11-9-17(10-12-27)19-13-18-21(23-14-24-22(18)26-19)25-15(2)16-7-5-4-6-8-16/h3-9,13-15H,1,10-12H2,2H3,(H2,23,24,25,26)/t15-/m1/s1. The van der Waals surface area contributed by atoms with Crippen molar-refractivity contribution in [3.63, 3.8) is 0 Å². The highest BCUT2D eigenvalue weighted by Gasteiger charge is 2.18. The minimum atomic E-state index is -0.0285. The molecule has 142 valence electrons. The number of anilines is 1. The molecule has 1 aromatic carbocycles. The lowest BCUT2D eigenvalue weighted by molar-refractivity contribution is -0.125. The van der Waals surface area contributed by atoms with Crippen LogP contribution in [0.1, 0.15) is 30.6 Å². The molecule has 2 N–H and O–H groups in total. The summed E-state index contributed by atoms with van der Waals surface area (Å²) in [5.41, 5.74) is 4.22. The Morgan fingerprint density at radius 3 is 2.86 bits per heavy atom. The van der Waals surface area contributed by atoms with E-state index in [9.17, 15) is 4.79 Å². The molecule has 0 spiro atoms. The van der Waals surface area contributed by atoms with Crippen molar-refractivity contribution in [2.45, 2.75) is 19.4 Å². The molecule has 0 saturated carbocycles. The van der Waals surface area contributed by atoms with Crippen molar-refractivity contribution in [2.75, 3.05) is 18.4 Å². The van der Waals surface area contributed by atoms with E-state index < -0.39 is 0 Å². The first kappa shape index (κ1) is 18.0. The van der Waals surface area contributed by atoms with Crippen molar-refractivity contribution in [1.82, 2.24) is 19.9 Å². The van der Waals surface area contributed by atoms with Crippen LogP contribution in [0.2, 0.25) is 0 Å². The number of amides is 1. The van der Waals surface area contributed by atoms with Crippen LogP contribution >= 0.6 is 0 Å². The SMILES string of the molecule is C=CC(=O)N1CC=C(c2cc3c(N[C@H](C)c4ccccc4)ncnc3[nH]2)CC1. The van der Waals surface area contributed by atoms with Gasteiger partial charge >= 0.3 is 0 Å². The summed E-state index contributed by atoms with van der Waals surface area (Å²) in [4.78, 5) is 25.8. The fourth-order valence-corrected chi connectivity index (χ4v) is 3.50. The maximum absolute atomic E-state index is 11.8. The third kappa shape index (κ3) is 3.53. The van der Waals surface area contributed by atoms with Crippen LogP contribution < -0.4 is 5.32 Å². The van der Waals surface area contributed by atoms with E-state index in [4.69, 9.17) is 0 Å². The summed E-state index contributed by atoms with van der Waals surface area (Å²) in [5.74, 6) is 0.780. The molecule has 1 aliphatic rings. The summed E-state index contributed by atoms with van der Waals surface area (Å²) in [7, 11) is 0. The van der Waals surface area contributed by atoms with Gasteiger partial charge in [0.05, 0.1) is 5.39 Å². The topological polar surface area (TPSA) is 73.9 Å². The van der Waals surface area contributed by atoms with Crippen LogP contribution in [-0.2, 0) is 4.79 Å². The molecule has 6 nitrogen and oxygen atoms in total. The van der Waals surface area contributed by atoms with Gasteiger partial charge in [0.25, 0.3) is 0 Å². The molecule has 4 rings (SSSR count). The Hall–Kier alpha value is -3.41. The Morgan fingerprint density at radius 2 is 2.14 bits per heavy atom. The lowest BCUT2D eigenvalue weighted by atomic mass is 10.0. The van der Waals surface area contributed by atoms with Crippen LogP contribution in [0.15, 0.2) is 61.5 Å². The van der Waals surface area contributed by atoms with Crippen molar-refractivity contribution in [1.29, 1.82) is 0 Å². The number of nitrogens with zero attached hydrogens (tertiary/aromatic N) is 3. The van der Waals surface area contributed by atoms with Gasteiger partial charge in [0, 0.05) is 24.8 Å². The molecule has 6 heteroatoms. The lowest BCUT2D eigenvalue weighted by Gasteiger charge is -2.25. The second-order valence-electron chi connectivity index (χ2n) is 6.91. The molecular formula is C22H23N5O. The van der Waals surface area contributed by atoms with E-state index in [2.05, 4.69) is 58.0 Å². The number of H-pyrrole nitrogens is 1. The van der Waals surface area contributed by atoms with Gasteiger partial charge in [0.2, 0.25) is 5.91 Å². The van der Waals surface area contributed by atoms with Gasteiger partial charge < -0.3 is 15.2 Å². The van der Waals surface area contributed by atoms with Gasteiger partial charge in [-0.15, -0.1) is 0 Å². The molecule has 0 radical (unpaired) electrons. The molecule has 3 heterocycles. The normalized spacial score (nSPS) is 15.2. The number of carbonyl (C=O) groups is 1. The Labute approximate surface area is 164 Å². The van der Waals surface area contributed by atoms with E-state index in [-0.39, 0.29) is 11.9 Å². The van der Waals surface area contributed by atoms with Crippen molar-refractivity contribution < 1.29 is 4.79 Å². The molecule has 28 heavy (non-hydrogen) atoms. The number of hydrogen-bond acceptors (Lipinski definition) is 4. The second kappa shape index (κ2) is 7.68. The van der Waals surface area contributed by atoms with E-state index in [1.807, 2.05) is 18.2 Å². The molecule has 1 amide bonds. The first-order valence-corrected chi connectivity index (χ1v) is 9.41. The zero-order chi connectivity index (χ0) is 19.5. The molecule has 2 aromatic heterocycles. The van der Waals surface area contributed by atoms with Gasteiger partial charge in [0.15, 0.2) is 0 Å². The van der Waals surface area contributed by atoms with E-state index in [0.29, 0.717) is 13.1 Å². The fraction of sp³-hybridized carbons (Fsp3) is 0.227. The predicted octanol–water partition coefficient (Wildman–Crippen LogP) is 3.93. The van der Waals surface area contributed by atoms with Crippen LogP contribution in [0.3, 0.4) is 0 Å². The summed E-state index contributed by atoms with van der Waals surface area (Å²) < 4.78 is 0.